The molecule has 2 N–H and O–H groups in total. The highest BCUT2D eigenvalue weighted by Gasteiger charge is 2.28. The minimum atomic E-state index is -0.637. The summed E-state index contributed by atoms with van der Waals surface area (Å²) in [7, 11) is 0. The second-order valence-corrected chi connectivity index (χ2v) is 7.24. The molecular formula is C18H18N4O5S. The van der Waals surface area contributed by atoms with E-state index in [1.165, 1.54) is 29.5 Å². The summed E-state index contributed by atoms with van der Waals surface area (Å²) in [6.07, 6.45) is 0.991. The Morgan fingerprint density at radius 2 is 1.86 bits per heavy atom. The SMILES string of the molecule is O=C(NNC(=O)C1CCN(C(=O)c2cccs2)CC1)c1cccc([N+](=O)[O-])c1. The molecule has 1 aliphatic heterocycles. The lowest BCUT2D eigenvalue weighted by Gasteiger charge is -2.31. The minimum Gasteiger partial charge on any atom is -0.338 e. The molecule has 0 saturated carbocycles. The summed E-state index contributed by atoms with van der Waals surface area (Å²) in [4.78, 5) is 49.2. The molecule has 0 aliphatic carbocycles. The summed E-state index contributed by atoms with van der Waals surface area (Å²) in [5, 5.41) is 12.6. The number of likely N-dealkylation sites (tertiary alicyclic amines) is 1. The van der Waals surface area contributed by atoms with Crippen LogP contribution in [-0.4, -0.2) is 40.6 Å². The van der Waals surface area contributed by atoms with E-state index in [1.54, 1.807) is 11.0 Å². The van der Waals surface area contributed by atoms with Crippen LogP contribution in [0.25, 0.3) is 0 Å². The van der Waals surface area contributed by atoms with Crippen molar-refractivity contribution in [2.45, 2.75) is 12.8 Å². The van der Waals surface area contributed by atoms with Gasteiger partial charge in [-0.2, -0.15) is 0 Å². The van der Waals surface area contributed by atoms with Gasteiger partial charge >= 0.3 is 0 Å². The van der Waals surface area contributed by atoms with Crippen molar-refractivity contribution in [1.82, 2.24) is 15.8 Å². The smallest absolute Gasteiger partial charge is 0.270 e. The maximum Gasteiger partial charge on any atom is 0.270 e. The van der Waals surface area contributed by atoms with Crippen LogP contribution in [0.15, 0.2) is 41.8 Å². The van der Waals surface area contributed by atoms with Gasteiger partial charge in [0.25, 0.3) is 17.5 Å². The van der Waals surface area contributed by atoms with E-state index < -0.39 is 10.8 Å². The average Bonchev–Trinajstić information content (AvgIpc) is 3.26. The molecule has 2 heterocycles. The van der Waals surface area contributed by atoms with Crippen LogP contribution in [0, 0.1) is 16.0 Å². The first kappa shape index (κ1) is 19.5. The van der Waals surface area contributed by atoms with Gasteiger partial charge in [-0.15, -0.1) is 11.3 Å². The second kappa shape index (κ2) is 8.61. The third-order valence-electron chi connectivity index (χ3n) is 4.50. The van der Waals surface area contributed by atoms with Crippen molar-refractivity contribution < 1.29 is 19.3 Å². The number of thiophene rings is 1. The van der Waals surface area contributed by atoms with E-state index in [1.807, 2.05) is 11.4 Å². The summed E-state index contributed by atoms with van der Waals surface area (Å²) in [5.41, 5.74) is 4.51. The van der Waals surface area contributed by atoms with Crippen LogP contribution < -0.4 is 10.9 Å². The van der Waals surface area contributed by atoms with Gasteiger partial charge in [0.2, 0.25) is 5.91 Å². The number of nitrogens with zero attached hydrogens (tertiary/aromatic N) is 2. The number of hydrazine groups is 1. The Balaban J connectivity index is 1.48. The van der Waals surface area contributed by atoms with Crippen molar-refractivity contribution in [2.24, 2.45) is 5.92 Å². The first-order chi connectivity index (χ1) is 13.5. The van der Waals surface area contributed by atoms with Gasteiger partial charge in [0.15, 0.2) is 0 Å². The molecular weight excluding hydrogens is 384 g/mol. The molecule has 1 aromatic heterocycles. The van der Waals surface area contributed by atoms with E-state index in [9.17, 15) is 24.5 Å². The predicted octanol–water partition coefficient (Wildman–Crippen LogP) is 1.97. The monoisotopic (exact) mass is 402 g/mol. The standard InChI is InChI=1S/C18H18N4O5S/c23-16(19-20-17(24)13-3-1-4-14(11-13)22(26)27)12-6-8-21(9-7-12)18(25)15-5-2-10-28-15/h1-5,10-12H,6-9H2,(H,19,23)(H,20,24). The molecule has 1 fully saturated rings. The number of nitro benzene ring substituents is 1. The Morgan fingerprint density at radius 1 is 1.11 bits per heavy atom. The molecule has 1 aromatic carbocycles. The first-order valence-electron chi connectivity index (χ1n) is 8.63. The van der Waals surface area contributed by atoms with Crippen LogP contribution >= 0.6 is 11.3 Å². The van der Waals surface area contributed by atoms with E-state index in [2.05, 4.69) is 10.9 Å². The zero-order valence-electron chi connectivity index (χ0n) is 14.8. The van der Waals surface area contributed by atoms with Gasteiger partial charge in [0.05, 0.1) is 9.80 Å². The molecule has 1 aliphatic rings. The number of hydrogen-bond donors (Lipinski definition) is 2. The van der Waals surface area contributed by atoms with Crippen molar-refractivity contribution in [3.05, 3.63) is 62.3 Å². The predicted molar refractivity (Wildman–Crippen MR) is 102 cm³/mol. The van der Waals surface area contributed by atoms with Crippen molar-refractivity contribution in [3.63, 3.8) is 0 Å². The third kappa shape index (κ3) is 4.52. The Labute approximate surface area is 164 Å². The molecule has 0 atom stereocenters. The Morgan fingerprint density at radius 3 is 2.50 bits per heavy atom. The van der Waals surface area contributed by atoms with Crippen molar-refractivity contribution in [1.29, 1.82) is 0 Å². The molecule has 146 valence electrons. The number of carbonyl (C=O) groups excluding carboxylic acids is 3. The van der Waals surface area contributed by atoms with E-state index in [4.69, 9.17) is 0 Å². The van der Waals surface area contributed by atoms with Gasteiger partial charge in [-0.3, -0.25) is 35.3 Å². The van der Waals surface area contributed by atoms with Crippen LogP contribution in [0.5, 0.6) is 0 Å². The number of nitro groups is 1. The second-order valence-electron chi connectivity index (χ2n) is 6.29. The molecule has 28 heavy (non-hydrogen) atoms. The van der Waals surface area contributed by atoms with Crippen molar-refractivity contribution in [3.8, 4) is 0 Å². The summed E-state index contributed by atoms with van der Waals surface area (Å²) < 4.78 is 0. The van der Waals surface area contributed by atoms with E-state index in [-0.39, 0.29) is 29.0 Å². The molecule has 0 bridgehead atoms. The van der Waals surface area contributed by atoms with Gasteiger partial charge < -0.3 is 4.90 Å². The highest BCUT2D eigenvalue weighted by Crippen LogP contribution is 2.21. The number of non-ortho nitro benzene ring substituents is 1. The number of hydrogen-bond acceptors (Lipinski definition) is 6. The summed E-state index contributed by atoms with van der Waals surface area (Å²) in [6, 6.07) is 8.83. The molecule has 1 saturated heterocycles. The van der Waals surface area contributed by atoms with Crippen LogP contribution in [0.1, 0.15) is 32.9 Å². The van der Waals surface area contributed by atoms with Gasteiger partial charge in [-0.25, -0.2) is 0 Å². The van der Waals surface area contributed by atoms with Crippen molar-refractivity contribution in [2.75, 3.05) is 13.1 Å². The summed E-state index contributed by atoms with van der Waals surface area (Å²) >= 11 is 1.38. The average molecular weight is 402 g/mol. The largest absolute Gasteiger partial charge is 0.338 e. The zero-order chi connectivity index (χ0) is 20.1. The first-order valence-corrected chi connectivity index (χ1v) is 9.51. The molecule has 0 radical (unpaired) electrons. The van der Waals surface area contributed by atoms with Crippen molar-refractivity contribution >= 4 is 34.7 Å². The fraction of sp³-hybridized carbons (Fsp3) is 0.278. The number of carbonyl (C=O) groups is 3. The van der Waals surface area contributed by atoms with Crippen LogP contribution in [0.3, 0.4) is 0 Å². The highest BCUT2D eigenvalue weighted by molar-refractivity contribution is 7.12. The zero-order valence-corrected chi connectivity index (χ0v) is 15.6. The fourth-order valence-electron chi connectivity index (χ4n) is 2.95. The maximum absolute atomic E-state index is 12.3. The lowest BCUT2D eigenvalue weighted by molar-refractivity contribution is -0.384. The highest BCUT2D eigenvalue weighted by atomic mass is 32.1. The number of amides is 3. The van der Waals surface area contributed by atoms with Crippen LogP contribution in [-0.2, 0) is 4.79 Å². The Kier molecular flexibility index (Phi) is 5.99. The van der Waals surface area contributed by atoms with E-state index in [0.29, 0.717) is 30.8 Å². The Bertz CT molecular complexity index is 891. The molecule has 3 rings (SSSR count). The number of rotatable bonds is 4. The number of piperidine rings is 1. The summed E-state index contributed by atoms with van der Waals surface area (Å²) in [6.45, 7) is 0.932. The molecule has 9 nitrogen and oxygen atoms in total. The van der Waals surface area contributed by atoms with Gasteiger partial charge in [0, 0.05) is 36.7 Å². The van der Waals surface area contributed by atoms with Crippen LogP contribution in [0.4, 0.5) is 5.69 Å². The van der Waals surface area contributed by atoms with E-state index in [0.717, 1.165) is 6.07 Å². The topological polar surface area (TPSA) is 122 Å². The summed E-state index contributed by atoms with van der Waals surface area (Å²) in [5.74, 6) is -1.34. The number of nitrogens with one attached hydrogen (secondary N) is 2. The van der Waals surface area contributed by atoms with E-state index >= 15 is 0 Å². The van der Waals surface area contributed by atoms with Crippen LogP contribution in [0.2, 0.25) is 0 Å². The lowest BCUT2D eigenvalue weighted by atomic mass is 9.96. The van der Waals surface area contributed by atoms with Gasteiger partial charge in [-0.05, 0) is 30.4 Å². The molecule has 2 aromatic rings. The number of benzene rings is 1. The van der Waals surface area contributed by atoms with Gasteiger partial charge in [0.1, 0.15) is 0 Å². The molecule has 0 unspecified atom stereocenters. The fourth-order valence-corrected chi connectivity index (χ4v) is 3.64. The Hall–Kier alpha value is -3.27. The quantitative estimate of drug-likeness (QED) is 0.598. The molecule has 3 amide bonds. The maximum atomic E-state index is 12.3. The molecule has 10 heteroatoms. The van der Waals surface area contributed by atoms with Gasteiger partial charge in [-0.1, -0.05) is 12.1 Å². The minimum absolute atomic E-state index is 0.0344. The molecule has 0 spiro atoms. The third-order valence-corrected chi connectivity index (χ3v) is 5.36. The lowest BCUT2D eigenvalue weighted by Crippen LogP contribution is -2.48. The normalized spacial score (nSPS) is 14.4.